The van der Waals surface area contributed by atoms with Crippen LogP contribution < -0.4 is 0 Å². The maximum atomic E-state index is 11.0. The predicted octanol–water partition coefficient (Wildman–Crippen LogP) is -5.55. The Kier molecular flexibility index (Phi) is 7.89. The van der Waals surface area contributed by atoms with Crippen molar-refractivity contribution in [2.24, 2.45) is 0 Å². The highest BCUT2D eigenvalue weighted by atomic mass is 16.7. The zero-order valence-electron chi connectivity index (χ0n) is 12.0. The van der Waals surface area contributed by atoms with Gasteiger partial charge in [0.05, 0.1) is 13.2 Å². The van der Waals surface area contributed by atoms with Crippen molar-refractivity contribution in [1.82, 2.24) is 0 Å². The summed E-state index contributed by atoms with van der Waals surface area (Å²) in [6, 6.07) is 0. The molecule has 1 saturated heterocycles. The molecular weight excluding hydrogens is 320 g/mol. The van der Waals surface area contributed by atoms with Gasteiger partial charge in [0.1, 0.15) is 48.8 Å². The summed E-state index contributed by atoms with van der Waals surface area (Å²) in [4.78, 5) is 11.0. The topological polar surface area (TPSA) is 197 Å². The second kappa shape index (κ2) is 8.94. The van der Waals surface area contributed by atoms with Gasteiger partial charge in [0.2, 0.25) is 0 Å². The average Bonchev–Trinajstić information content (AvgIpc) is 2.57. The van der Waals surface area contributed by atoms with Gasteiger partial charge in [0.15, 0.2) is 12.6 Å². The minimum atomic E-state index is -1.97. The fraction of sp³-hybridized carbons (Fsp3) is 0.917. The van der Waals surface area contributed by atoms with Gasteiger partial charge in [-0.2, -0.15) is 0 Å². The maximum Gasteiger partial charge on any atom is 0.187 e. The molecule has 0 aromatic heterocycles. The van der Waals surface area contributed by atoms with Crippen LogP contribution in [0.2, 0.25) is 0 Å². The minimum Gasteiger partial charge on any atom is -0.394 e. The minimum absolute atomic E-state index is 0.0550. The standard InChI is InChI=1S/C12H22O11/c13-1-4(16)7(17)8(18)5(2-14)22-12-11(21)10(20)9(19)6(3-15)23-12/h2,4-13,15-21H,1,3H2/t4-,5+,6-,7+,8-,9-,10+,11-,12-/m0/s1. The van der Waals surface area contributed by atoms with Gasteiger partial charge in [-0.1, -0.05) is 0 Å². The van der Waals surface area contributed by atoms with Gasteiger partial charge in [0, 0.05) is 0 Å². The molecule has 1 rings (SSSR count). The van der Waals surface area contributed by atoms with E-state index < -0.39 is 68.3 Å². The number of carbonyl (C=O) groups is 1. The van der Waals surface area contributed by atoms with Crippen molar-refractivity contribution in [2.45, 2.75) is 55.1 Å². The summed E-state index contributed by atoms with van der Waals surface area (Å²) in [5.74, 6) is 0. The monoisotopic (exact) mass is 342 g/mol. The Bertz CT molecular complexity index is 365. The first kappa shape index (κ1) is 20.3. The second-order valence-electron chi connectivity index (χ2n) is 5.17. The van der Waals surface area contributed by atoms with Gasteiger partial charge in [-0.15, -0.1) is 0 Å². The first-order valence-electron chi connectivity index (χ1n) is 6.84. The van der Waals surface area contributed by atoms with Crippen LogP contribution in [0.15, 0.2) is 0 Å². The molecule has 9 atom stereocenters. The van der Waals surface area contributed by atoms with E-state index in [0.717, 1.165) is 0 Å². The largest absolute Gasteiger partial charge is 0.394 e. The zero-order chi connectivity index (χ0) is 17.7. The molecule has 0 saturated carbocycles. The first-order chi connectivity index (χ1) is 10.8. The van der Waals surface area contributed by atoms with Crippen LogP contribution in [0.3, 0.4) is 0 Å². The molecule has 1 heterocycles. The van der Waals surface area contributed by atoms with Crippen molar-refractivity contribution in [2.75, 3.05) is 13.2 Å². The molecule has 1 aliphatic rings. The molecule has 0 radical (unpaired) electrons. The van der Waals surface area contributed by atoms with Crippen molar-refractivity contribution in [3.8, 4) is 0 Å². The van der Waals surface area contributed by atoms with E-state index in [-0.39, 0.29) is 6.29 Å². The van der Waals surface area contributed by atoms with Crippen LogP contribution in [-0.2, 0) is 14.3 Å². The van der Waals surface area contributed by atoms with Crippen LogP contribution in [0.5, 0.6) is 0 Å². The summed E-state index contributed by atoms with van der Waals surface area (Å²) < 4.78 is 9.94. The van der Waals surface area contributed by atoms with E-state index in [0.29, 0.717) is 0 Å². The number of carbonyl (C=O) groups excluding carboxylic acids is 1. The molecule has 136 valence electrons. The highest BCUT2D eigenvalue weighted by Gasteiger charge is 2.46. The summed E-state index contributed by atoms with van der Waals surface area (Å²) in [6.45, 7) is -1.60. The van der Waals surface area contributed by atoms with Crippen molar-refractivity contribution in [1.29, 1.82) is 0 Å². The quantitative estimate of drug-likeness (QED) is 0.196. The van der Waals surface area contributed by atoms with E-state index in [2.05, 4.69) is 0 Å². The second-order valence-corrected chi connectivity index (χ2v) is 5.17. The van der Waals surface area contributed by atoms with Crippen molar-refractivity contribution in [3.05, 3.63) is 0 Å². The van der Waals surface area contributed by atoms with Crippen LogP contribution in [0.1, 0.15) is 0 Å². The molecule has 1 fully saturated rings. The molecule has 11 heteroatoms. The molecule has 11 nitrogen and oxygen atoms in total. The lowest BCUT2D eigenvalue weighted by Crippen LogP contribution is -2.60. The van der Waals surface area contributed by atoms with Gasteiger partial charge in [0.25, 0.3) is 0 Å². The number of rotatable bonds is 8. The molecule has 0 aromatic rings. The number of hydrogen-bond donors (Lipinski definition) is 8. The molecule has 8 N–H and O–H groups in total. The molecule has 23 heavy (non-hydrogen) atoms. The summed E-state index contributed by atoms with van der Waals surface area (Å²) in [6.07, 6.45) is -15.5. The third-order valence-corrected chi connectivity index (χ3v) is 3.54. The summed E-state index contributed by atoms with van der Waals surface area (Å²) in [7, 11) is 0. The Morgan fingerprint density at radius 1 is 1.00 bits per heavy atom. The summed E-state index contributed by atoms with van der Waals surface area (Å²) in [5, 5.41) is 75.2. The van der Waals surface area contributed by atoms with Gasteiger partial charge in [-0.05, 0) is 0 Å². The van der Waals surface area contributed by atoms with Gasteiger partial charge in [-0.3, -0.25) is 0 Å². The fourth-order valence-corrected chi connectivity index (χ4v) is 2.06. The van der Waals surface area contributed by atoms with E-state index in [4.69, 9.17) is 19.7 Å². The third kappa shape index (κ3) is 4.64. The van der Waals surface area contributed by atoms with E-state index >= 15 is 0 Å². The van der Waals surface area contributed by atoms with Crippen LogP contribution in [0, 0.1) is 0 Å². The Balaban J connectivity index is 2.79. The Morgan fingerprint density at radius 2 is 1.61 bits per heavy atom. The normalized spacial score (nSPS) is 37.0. The number of aliphatic hydroxyl groups is 8. The van der Waals surface area contributed by atoms with Crippen molar-refractivity contribution >= 4 is 6.29 Å². The lowest BCUT2D eigenvalue weighted by molar-refractivity contribution is -0.315. The number of ether oxygens (including phenoxy) is 2. The van der Waals surface area contributed by atoms with E-state index in [1.807, 2.05) is 0 Å². The highest BCUT2D eigenvalue weighted by Crippen LogP contribution is 2.23. The molecule has 0 amide bonds. The number of aldehydes is 1. The average molecular weight is 342 g/mol. The lowest BCUT2D eigenvalue weighted by Gasteiger charge is -2.41. The van der Waals surface area contributed by atoms with E-state index in [9.17, 15) is 35.4 Å². The Labute approximate surface area is 130 Å². The van der Waals surface area contributed by atoms with E-state index in [1.54, 1.807) is 0 Å². The van der Waals surface area contributed by atoms with Crippen molar-refractivity contribution in [3.63, 3.8) is 0 Å². The number of hydrogen-bond acceptors (Lipinski definition) is 11. The third-order valence-electron chi connectivity index (χ3n) is 3.54. The van der Waals surface area contributed by atoms with Crippen LogP contribution in [0.25, 0.3) is 0 Å². The van der Waals surface area contributed by atoms with Gasteiger partial charge >= 0.3 is 0 Å². The van der Waals surface area contributed by atoms with Gasteiger partial charge < -0.3 is 55.1 Å². The molecular formula is C12H22O11. The van der Waals surface area contributed by atoms with E-state index in [1.165, 1.54) is 0 Å². The van der Waals surface area contributed by atoms with Crippen LogP contribution in [0.4, 0.5) is 0 Å². The number of aliphatic hydroxyl groups excluding tert-OH is 8. The first-order valence-corrected chi connectivity index (χ1v) is 6.84. The Morgan fingerprint density at radius 3 is 2.09 bits per heavy atom. The van der Waals surface area contributed by atoms with Crippen LogP contribution in [-0.4, -0.2) is 115 Å². The molecule has 0 bridgehead atoms. The lowest BCUT2D eigenvalue weighted by atomic mass is 9.99. The molecule has 1 aliphatic heterocycles. The molecule has 0 unspecified atom stereocenters. The maximum absolute atomic E-state index is 11.0. The SMILES string of the molecule is O=C[C@@H](O[C@H]1O[C@@H](CO)[C@H](O)[C@@H](O)[C@@H]1O)[C@H](O)[C@H](O)[C@@H](O)CO. The highest BCUT2D eigenvalue weighted by molar-refractivity contribution is 5.57. The van der Waals surface area contributed by atoms with Crippen molar-refractivity contribution < 1.29 is 55.1 Å². The summed E-state index contributed by atoms with van der Waals surface area (Å²) >= 11 is 0. The zero-order valence-corrected chi connectivity index (χ0v) is 12.0. The van der Waals surface area contributed by atoms with Crippen LogP contribution >= 0.6 is 0 Å². The smallest absolute Gasteiger partial charge is 0.187 e. The fourth-order valence-electron chi connectivity index (χ4n) is 2.06. The molecule has 0 spiro atoms. The Hall–Kier alpha value is -0.730. The predicted molar refractivity (Wildman–Crippen MR) is 69.8 cm³/mol. The molecule has 0 aromatic carbocycles. The molecule has 0 aliphatic carbocycles. The summed E-state index contributed by atoms with van der Waals surface area (Å²) in [5.41, 5.74) is 0. The van der Waals surface area contributed by atoms with Gasteiger partial charge in [-0.25, -0.2) is 0 Å².